The number of hydrogen-bond donors (Lipinski definition) is 1. The van der Waals surface area contributed by atoms with Crippen molar-refractivity contribution in [3.8, 4) is 0 Å². The lowest BCUT2D eigenvalue weighted by Crippen LogP contribution is -2.29. The molecule has 0 rings (SSSR count). The summed E-state index contributed by atoms with van der Waals surface area (Å²) < 4.78 is 5.62. The number of ether oxygens (including phenoxy) is 1. The molecule has 0 amide bonds. The molecule has 0 bridgehead atoms. The Morgan fingerprint density at radius 1 is 1.33 bits per heavy atom. The minimum Gasteiger partial charge on any atom is -0.390 e. The van der Waals surface area contributed by atoms with Crippen molar-refractivity contribution in [2.24, 2.45) is 0 Å². The molecule has 1 unspecified atom stereocenters. The molecule has 1 atom stereocenters. The van der Waals surface area contributed by atoms with Gasteiger partial charge >= 0.3 is 0 Å². The monoisotopic (exact) mass is 174 g/mol. The molecule has 12 heavy (non-hydrogen) atoms. The fourth-order valence-electron chi connectivity index (χ4n) is 1.23. The Hall–Kier alpha value is -0.0800. The Labute approximate surface area is 75.9 Å². The van der Waals surface area contributed by atoms with Gasteiger partial charge in [-0.2, -0.15) is 0 Å². The average molecular weight is 174 g/mol. The van der Waals surface area contributed by atoms with Crippen molar-refractivity contribution >= 4 is 0 Å². The van der Waals surface area contributed by atoms with Crippen molar-refractivity contribution in [2.45, 2.75) is 65.3 Å². The molecule has 0 aliphatic rings. The lowest BCUT2D eigenvalue weighted by atomic mass is 9.99. The summed E-state index contributed by atoms with van der Waals surface area (Å²) in [5, 5.41) is 9.55. The standard InChI is InChI=1S/C10H22O2/c1-6-9(12-8(2)3)7-10(4,5)11/h8-9,11H,6-7H2,1-5H3. The first-order valence-electron chi connectivity index (χ1n) is 4.73. The molecule has 0 saturated carbocycles. The predicted molar refractivity (Wildman–Crippen MR) is 51.2 cm³/mol. The van der Waals surface area contributed by atoms with E-state index in [0.717, 1.165) is 6.42 Å². The second kappa shape index (κ2) is 4.83. The quantitative estimate of drug-likeness (QED) is 0.693. The van der Waals surface area contributed by atoms with E-state index in [1.807, 2.05) is 27.7 Å². The number of aliphatic hydroxyl groups is 1. The Balaban J connectivity index is 3.83. The minimum absolute atomic E-state index is 0.185. The van der Waals surface area contributed by atoms with Gasteiger partial charge in [-0.25, -0.2) is 0 Å². The topological polar surface area (TPSA) is 29.5 Å². The summed E-state index contributed by atoms with van der Waals surface area (Å²) >= 11 is 0. The van der Waals surface area contributed by atoms with Crippen LogP contribution in [0.15, 0.2) is 0 Å². The first-order chi connectivity index (χ1) is 5.35. The number of hydrogen-bond acceptors (Lipinski definition) is 2. The van der Waals surface area contributed by atoms with Crippen molar-refractivity contribution < 1.29 is 9.84 Å². The van der Waals surface area contributed by atoms with Crippen LogP contribution < -0.4 is 0 Å². The van der Waals surface area contributed by atoms with E-state index in [1.54, 1.807) is 0 Å². The van der Waals surface area contributed by atoms with Crippen LogP contribution in [-0.4, -0.2) is 22.9 Å². The van der Waals surface area contributed by atoms with E-state index in [2.05, 4.69) is 6.92 Å². The van der Waals surface area contributed by atoms with Crippen molar-refractivity contribution in [1.82, 2.24) is 0 Å². The smallest absolute Gasteiger partial charge is 0.0616 e. The van der Waals surface area contributed by atoms with Crippen molar-refractivity contribution in [3.05, 3.63) is 0 Å². The molecule has 0 aromatic heterocycles. The van der Waals surface area contributed by atoms with Crippen LogP contribution in [0.25, 0.3) is 0 Å². The van der Waals surface area contributed by atoms with E-state index in [4.69, 9.17) is 4.74 Å². The van der Waals surface area contributed by atoms with Crippen LogP contribution in [0.4, 0.5) is 0 Å². The summed E-state index contributed by atoms with van der Waals surface area (Å²) in [5.41, 5.74) is -0.616. The summed E-state index contributed by atoms with van der Waals surface area (Å²) in [6.07, 6.45) is 2.10. The van der Waals surface area contributed by atoms with Crippen LogP contribution in [0.1, 0.15) is 47.5 Å². The van der Waals surface area contributed by atoms with E-state index in [1.165, 1.54) is 0 Å². The SMILES string of the molecule is CCC(CC(C)(C)O)OC(C)C. The van der Waals surface area contributed by atoms with Crippen LogP contribution in [0.2, 0.25) is 0 Å². The van der Waals surface area contributed by atoms with Gasteiger partial charge in [-0.3, -0.25) is 0 Å². The fraction of sp³-hybridized carbons (Fsp3) is 1.00. The van der Waals surface area contributed by atoms with E-state index >= 15 is 0 Å². The maximum atomic E-state index is 9.55. The average Bonchev–Trinajstić information content (AvgIpc) is 1.82. The van der Waals surface area contributed by atoms with Crippen molar-refractivity contribution in [2.75, 3.05) is 0 Å². The first kappa shape index (κ1) is 11.9. The van der Waals surface area contributed by atoms with Crippen LogP contribution in [0.5, 0.6) is 0 Å². The molecule has 74 valence electrons. The first-order valence-corrected chi connectivity index (χ1v) is 4.73. The molecule has 0 aliphatic carbocycles. The Morgan fingerprint density at radius 3 is 2.08 bits per heavy atom. The van der Waals surface area contributed by atoms with Crippen LogP contribution >= 0.6 is 0 Å². The van der Waals surface area contributed by atoms with Gasteiger partial charge in [-0.1, -0.05) is 6.92 Å². The third kappa shape index (κ3) is 6.62. The fourth-order valence-corrected chi connectivity index (χ4v) is 1.23. The van der Waals surface area contributed by atoms with Gasteiger partial charge in [-0.15, -0.1) is 0 Å². The molecule has 2 nitrogen and oxygen atoms in total. The van der Waals surface area contributed by atoms with Gasteiger partial charge in [0, 0.05) is 6.42 Å². The second-order valence-corrected chi connectivity index (χ2v) is 4.23. The molecule has 0 radical (unpaired) electrons. The third-order valence-electron chi connectivity index (χ3n) is 1.65. The molecular weight excluding hydrogens is 152 g/mol. The van der Waals surface area contributed by atoms with Crippen LogP contribution in [-0.2, 0) is 4.74 Å². The Morgan fingerprint density at radius 2 is 1.83 bits per heavy atom. The lowest BCUT2D eigenvalue weighted by molar-refractivity contribution is -0.0459. The zero-order valence-corrected chi connectivity index (χ0v) is 8.92. The molecule has 0 heterocycles. The highest BCUT2D eigenvalue weighted by Crippen LogP contribution is 2.16. The molecular formula is C10H22O2. The lowest BCUT2D eigenvalue weighted by Gasteiger charge is -2.25. The highest BCUT2D eigenvalue weighted by Gasteiger charge is 2.20. The Kier molecular flexibility index (Phi) is 4.80. The van der Waals surface area contributed by atoms with Crippen LogP contribution in [0, 0.1) is 0 Å². The summed E-state index contributed by atoms with van der Waals surface area (Å²) in [4.78, 5) is 0. The minimum atomic E-state index is -0.616. The van der Waals surface area contributed by atoms with E-state index in [0.29, 0.717) is 6.42 Å². The van der Waals surface area contributed by atoms with E-state index < -0.39 is 5.60 Å². The molecule has 0 fully saturated rings. The van der Waals surface area contributed by atoms with Gasteiger partial charge in [0.05, 0.1) is 17.8 Å². The van der Waals surface area contributed by atoms with Gasteiger partial charge in [-0.05, 0) is 34.1 Å². The highest BCUT2D eigenvalue weighted by molar-refractivity contribution is 4.71. The second-order valence-electron chi connectivity index (χ2n) is 4.23. The highest BCUT2D eigenvalue weighted by atomic mass is 16.5. The maximum absolute atomic E-state index is 9.55. The summed E-state index contributed by atoms with van der Waals surface area (Å²) in [7, 11) is 0. The predicted octanol–water partition coefficient (Wildman–Crippen LogP) is 2.35. The largest absolute Gasteiger partial charge is 0.390 e. The summed E-state index contributed by atoms with van der Waals surface area (Å²) in [6.45, 7) is 9.76. The normalized spacial score (nSPS) is 15.2. The van der Waals surface area contributed by atoms with Crippen molar-refractivity contribution in [1.29, 1.82) is 0 Å². The molecule has 0 aromatic rings. The Bertz CT molecular complexity index is 113. The van der Waals surface area contributed by atoms with E-state index in [-0.39, 0.29) is 12.2 Å². The van der Waals surface area contributed by atoms with Gasteiger partial charge < -0.3 is 9.84 Å². The zero-order valence-electron chi connectivity index (χ0n) is 8.92. The van der Waals surface area contributed by atoms with Gasteiger partial charge in [0.15, 0.2) is 0 Å². The molecule has 0 aromatic carbocycles. The van der Waals surface area contributed by atoms with E-state index in [9.17, 15) is 5.11 Å². The van der Waals surface area contributed by atoms with Crippen molar-refractivity contribution in [3.63, 3.8) is 0 Å². The van der Waals surface area contributed by atoms with Gasteiger partial charge in [0.1, 0.15) is 0 Å². The molecule has 1 N–H and O–H groups in total. The third-order valence-corrected chi connectivity index (χ3v) is 1.65. The zero-order chi connectivity index (χ0) is 9.78. The van der Waals surface area contributed by atoms with Gasteiger partial charge in [0.2, 0.25) is 0 Å². The molecule has 0 aliphatic heterocycles. The summed E-state index contributed by atoms with van der Waals surface area (Å²) in [6, 6.07) is 0. The maximum Gasteiger partial charge on any atom is 0.0616 e. The molecule has 0 saturated heterocycles. The molecule has 0 spiro atoms. The number of rotatable bonds is 5. The molecule has 2 heteroatoms. The summed E-state index contributed by atoms with van der Waals surface area (Å²) in [5.74, 6) is 0. The van der Waals surface area contributed by atoms with Crippen LogP contribution in [0.3, 0.4) is 0 Å². The van der Waals surface area contributed by atoms with Gasteiger partial charge in [0.25, 0.3) is 0 Å².